The zero-order chi connectivity index (χ0) is 25.7. The van der Waals surface area contributed by atoms with E-state index in [1.54, 1.807) is 0 Å². The molecule has 35 heavy (non-hydrogen) atoms. The highest BCUT2D eigenvalue weighted by Gasteiger charge is 2.05. The molecule has 0 bridgehead atoms. The van der Waals surface area contributed by atoms with Crippen LogP contribution in [0.15, 0.2) is 0 Å². The molecule has 0 aliphatic heterocycles. The molecule has 0 N–H and O–H groups in total. The normalized spacial score (nSPS) is 11.8. The summed E-state index contributed by atoms with van der Waals surface area (Å²) in [4.78, 5) is 2.82. The Morgan fingerprint density at radius 3 is 0.886 bits per heavy atom. The largest absolute Gasteiger partial charge is 0.303 e. The van der Waals surface area contributed by atoms with Gasteiger partial charge in [0.05, 0.1) is 0 Å². The van der Waals surface area contributed by atoms with Crippen LogP contribution in [0.1, 0.15) is 195 Å². The Bertz CT molecular complexity index is 348. The molecule has 0 atom stereocenters. The molecule has 0 saturated carbocycles. The van der Waals surface area contributed by atoms with Gasteiger partial charge in [0.1, 0.15) is 0 Å². The highest BCUT2D eigenvalue weighted by molar-refractivity contribution is 4.60. The minimum Gasteiger partial charge on any atom is -0.303 e. The van der Waals surface area contributed by atoms with Gasteiger partial charge in [0, 0.05) is 0 Å². The molecule has 0 aromatic heterocycles. The molecule has 0 aromatic rings. The van der Waals surface area contributed by atoms with Crippen LogP contribution in [0.2, 0.25) is 0 Å². The summed E-state index contributed by atoms with van der Waals surface area (Å²) in [6.45, 7) is 13.4. The second kappa shape index (κ2) is 30.2. The highest BCUT2D eigenvalue weighted by atomic mass is 15.1. The van der Waals surface area contributed by atoms with Crippen molar-refractivity contribution in [2.45, 2.75) is 195 Å². The number of rotatable bonds is 30. The van der Waals surface area contributed by atoms with Crippen LogP contribution in [0.4, 0.5) is 0 Å². The summed E-state index contributed by atoms with van der Waals surface area (Å²) in [7, 11) is 0. The molecule has 1 heteroatoms. The van der Waals surface area contributed by atoms with Gasteiger partial charge < -0.3 is 4.90 Å². The van der Waals surface area contributed by atoms with Crippen molar-refractivity contribution in [3.8, 4) is 0 Å². The average molecular weight is 494 g/mol. The standard InChI is InChI=1S/C34H71N/c1-5-7-9-11-23-27-31-35(32-28-24-12-10-8-6-2)33-29-25-21-19-17-15-13-14-16-18-20-22-26-30-34(3)4/h34H,5-33H2,1-4H3. The first-order chi connectivity index (χ1) is 17.2. The Balaban J connectivity index is 3.64. The third-order valence-electron chi connectivity index (χ3n) is 7.91. The maximum absolute atomic E-state index is 2.82. The summed E-state index contributed by atoms with van der Waals surface area (Å²) < 4.78 is 0. The fourth-order valence-corrected chi connectivity index (χ4v) is 5.40. The van der Waals surface area contributed by atoms with Crippen LogP contribution in [0.25, 0.3) is 0 Å². The third-order valence-corrected chi connectivity index (χ3v) is 7.91. The van der Waals surface area contributed by atoms with Gasteiger partial charge in [0.25, 0.3) is 0 Å². The Morgan fingerprint density at radius 2 is 0.600 bits per heavy atom. The van der Waals surface area contributed by atoms with E-state index in [-0.39, 0.29) is 0 Å². The van der Waals surface area contributed by atoms with Crippen molar-refractivity contribution in [1.29, 1.82) is 0 Å². The van der Waals surface area contributed by atoms with E-state index in [0.29, 0.717) is 0 Å². The second-order valence-electron chi connectivity index (χ2n) is 12.2. The van der Waals surface area contributed by atoms with E-state index >= 15 is 0 Å². The van der Waals surface area contributed by atoms with Gasteiger partial charge in [-0.25, -0.2) is 0 Å². The molecular weight excluding hydrogens is 422 g/mol. The first-order valence-corrected chi connectivity index (χ1v) is 16.9. The molecule has 0 heterocycles. The summed E-state index contributed by atoms with van der Waals surface area (Å²) >= 11 is 0. The summed E-state index contributed by atoms with van der Waals surface area (Å²) in [6.07, 6.45) is 37.7. The number of nitrogens with zero attached hydrogens (tertiary/aromatic N) is 1. The van der Waals surface area contributed by atoms with Crippen LogP contribution >= 0.6 is 0 Å². The van der Waals surface area contributed by atoms with Gasteiger partial charge in [-0.05, 0) is 44.8 Å². The van der Waals surface area contributed by atoms with Crippen molar-refractivity contribution in [3.05, 3.63) is 0 Å². The number of hydrogen-bond acceptors (Lipinski definition) is 1. The minimum absolute atomic E-state index is 0.893. The predicted octanol–water partition coefficient (Wildman–Crippen LogP) is 12.1. The smallest absolute Gasteiger partial charge is 0.00187 e. The topological polar surface area (TPSA) is 3.24 Å². The third kappa shape index (κ3) is 30.1. The lowest BCUT2D eigenvalue weighted by Gasteiger charge is -2.22. The molecule has 0 saturated heterocycles. The quantitative estimate of drug-likeness (QED) is 0.0899. The lowest BCUT2D eigenvalue weighted by Crippen LogP contribution is -2.27. The predicted molar refractivity (Wildman–Crippen MR) is 163 cm³/mol. The van der Waals surface area contributed by atoms with Crippen molar-refractivity contribution in [3.63, 3.8) is 0 Å². The zero-order valence-electron chi connectivity index (χ0n) is 25.5. The van der Waals surface area contributed by atoms with E-state index in [9.17, 15) is 0 Å². The molecule has 0 aliphatic carbocycles. The Morgan fingerprint density at radius 1 is 0.343 bits per heavy atom. The van der Waals surface area contributed by atoms with Gasteiger partial charge in [-0.1, -0.05) is 175 Å². The van der Waals surface area contributed by atoms with E-state index in [1.165, 1.54) is 187 Å². The van der Waals surface area contributed by atoms with E-state index in [2.05, 4.69) is 32.6 Å². The average Bonchev–Trinajstić information content (AvgIpc) is 2.85. The maximum Gasteiger partial charge on any atom is -0.00187 e. The molecule has 0 fully saturated rings. The Kier molecular flexibility index (Phi) is 30.2. The van der Waals surface area contributed by atoms with Crippen LogP contribution in [-0.2, 0) is 0 Å². The fourth-order valence-electron chi connectivity index (χ4n) is 5.40. The maximum atomic E-state index is 2.82. The van der Waals surface area contributed by atoms with Crippen molar-refractivity contribution < 1.29 is 0 Å². The number of hydrogen-bond donors (Lipinski definition) is 0. The Hall–Kier alpha value is -0.0400. The zero-order valence-corrected chi connectivity index (χ0v) is 25.5. The van der Waals surface area contributed by atoms with Crippen molar-refractivity contribution in [2.24, 2.45) is 5.92 Å². The first kappa shape index (κ1) is 35.0. The van der Waals surface area contributed by atoms with Crippen LogP contribution in [0.5, 0.6) is 0 Å². The van der Waals surface area contributed by atoms with Gasteiger partial charge in [-0.3, -0.25) is 0 Å². The summed E-state index contributed by atoms with van der Waals surface area (Å²) in [5.41, 5.74) is 0. The highest BCUT2D eigenvalue weighted by Crippen LogP contribution is 2.15. The first-order valence-electron chi connectivity index (χ1n) is 16.9. The van der Waals surface area contributed by atoms with Gasteiger partial charge in [-0.15, -0.1) is 0 Å². The van der Waals surface area contributed by atoms with Crippen LogP contribution in [0.3, 0.4) is 0 Å². The molecule has 0 aromatic carbocycles. The SMILES string of the molecule is CCCCCCCCN(CCCCCCCC)CCCCCCCCCCCCCCCC(C)C. The van der Waals surface area contributed by atoms with Crippen LogP contribution in [0, 0.1) is 5.92 Å². The molecule has 0 amide bonds. The van der Waals surface area contributed by atoms with Crippen LogP contribution in [-0.4, -0.2) is 24.5 Å². The lowest BCUT2D eigenvalue weighted by molar-refractivity contribution is 0.254. The van der Waals surface area contributed by atoms with Crippen molar-refractivity contribution >= 4 is 0 Å². The second-order valence-corrected chi connectivity index (χ2v) is 12.2. The number of unbranched alkanes of at least 4 members (excludes halogenated alkanes) is 22. The Labute approximate surface area is 225 Å². The van der Waals surface area contributed by atoms with E-state index in [1.807, 2.05) is 0 Å². The van der Waals surface area contributed by atoms with E-state index in [0.717, 1.165) is 5.92 Å². The minimum atomic E-state index is 0.893. The molecule has 0 aliphatic rings. The molecule has 212 valence electrons. The summed E-state index contributed by atoms with van der Waals surface area (Å²) in [6, 6.07) is 0. The van der Waals surface area contributed by atoms with Gasteiger partial charge in [0.15, 0.2) is 0 Å². The molecular formula is C34H71N. The summed E-state index contributed by atoms with van der Waals surface area (Å²) in [5.74, 6) is 0.893. The van der Waals surface area contributed by atoms with Gasteiger partial charge >= 0.3 is 0 Å². The van der Waals surface area contributed by atoms with Gasteiger partial charge in [0.2, 0.25) is 0 Å². The lowest BCUT2D eigenvalue weighted by atomic mass is 10.0. The van der Waals surface area contributed by atoms with Gasteiger partial charge in [-0.2, -0.15) is 0 Å². The van der Waals surface area contributed by atoms with Crippen LogP contribution < -0.4 is 0 Å². The molecule has 1 nitrogen and oxygen atoms in total. The molecule has 0 spiro atoms. The molecule has 0 radical (unpaired) electrons. The van der Waals surface area contributed by atoms with E-state index in [4.69, 9.17) is 0 Å². The van der Waals surface area contributed by atoms with E-state index < -0.39 is 0 Å². The molecule has 0 rings (SSSR count). The molecule has 0 unspecified atom stereocenters. The fraction of sp³-hybridized carbons (Fsp3) is 1.00. The monoisotopic (exact) mass is 494 g/mol. The van der Waals surface area contributed by atoms with Crippen molar-refractivity contribution in [1.82, 2.24) is 4.90 Å². The summed E-state index contributed by atoms with van der Waals surface area (Å²) in [5, 5.41) is 0. The van der Waals surface area contributed by atoms with Crippen molar-refractivity contribution in [2.75, 3.05) is 19.6 Å².